The summed E-state index contributed by atoms with van der Waals surface area (Å²) in [6, 6.07) is 10.9. The van der Waals surface area contributed by atoms with E-state index in [1.807, 2.05) is 38.1 Å². The second kappa shape index (κ2) is 12.1. The van der Waals surface area contributed by atoms with Gasteiger partial charge in [0.1, 0.15) is 12.4 Å². The van der Waals surface area contributed by atoms with Crippen molar-refractivity contribution in [2.75, 3.05) is 26.0 Å². The molecule has 2 aromatic carbocycles. The number of rotatable bonds is 12. The van der Waals surface area contributed by atoms with Crippen molar-refractivity contribution in [3.05, 3.63) is 57.6 Å². The summed E-state index contributed by atoms with van der Waals surface area (Å²) in [5.41, 5.74) is 1.42. The lowest BCUT2D eigenvalue weighted by Crippen LogP contribution is -2.39. The fourth-order valence-electron chi connectivity index (χ4n) is 3.34. The normalized spacial score (nSPS) is 11.7. The molecule has 192 valence electrons. The van der Waals surface area contributed by atoms with Crippen LogP contribution in [0, 0.1) is 0 Å². The Morgan fingerprint density at radius 1 is 1.00 bits per heavy atom. The van der Waals surface area contributed by atoms with Crippen LogP contribution >= 0.6 is 23.2 Å². The number of hydrogen-bond acceptors (Lipinski definition) is 6. The molecule has 7 nitrogen and oxygen atoms in total. The maximum Gasteiger partial charge on any atom is 0.234 e. The molecule has 10 heteroatoms. The Labute approximate surface area is 217 Å². The van der Waals surface area contributed by atoms with Crippen molar-refractivity contribution in [1.29, 1.82) is 0 Å². The van der Waals surface area contributed by atoms with Gasteiger partial charge in [0.2, 0.25) is 15.9 Å². The highest BCUT2D eigenvalue weighted by molar-refractivity contribution is 7.88. The number of carbonyl (C=O) groups is 2. The van der Waals surface area contributed by atoms with E-state index < -0.39 is 33.7 Å². The van der Waals surface area contributed by atoms with E-state index >= 15 is 0 Å². The number of halogens is 2. The molecule has 0 radical (unpaired) electrons. The topological polar surface area (TPSA) is 90.0 Å². The quantitative estimate of drug-likeness (QED) is 0.339. The van der Waals surface area contributed by atoms with Crippen molar-refractivity contribution in [2.45, 2.75) is 46.0 Å². The molecular weight excluding hydrogens is 513 g/mol. The SMILES string of the molecule is CCCCOc1c(Cl)cc(C(C)(C)c2ccc(OCC(=O)CN(C(C)=O)S(C)(=O)=O)cc2)cc1Cl. The van der Waals surface area contributed by atoms with E-state index in [2.05, 4.69) is 6.92 Å². The number of sulfonamides is 1. The van der Waals surface area contributed by atoms with Crippen LogP contribution in [0.5, 0.6) is 11.5 Å². The van der Waals surface area contributed by atoms with Crippen molar-refractivity contribution < 1.29 is 27.5 Å². The van der Waals surface area contributed by atoms with Gasteiger partial charge in [-0.25, -0.2) is 12.7 Å². The van der Waals surface area contributed by atoms with Crippen molar-refractivity contribution in [2.24, 2.45) is 0 Å². The van der Waals surface area contributed by atoms with Gasteiger partial charge in [-0.3, -0.25) is 9.59 Å². The number of unbranched alkanes of at least 4 members (excludes halogenated alkanes) is 1. The maximum atomic E-state index is 12.1. The fraction of sp³-hybridized carbons (Fsp3) is 0.440. The van der Waals surface area contributed by atoms with E-state index in [9.17, 15) is 18.0 Å². The van der Waals surface area contributed by atoms with Gasteiger partial charge in [-0.15, -0.1) is 0 Å². The number of benzene rings is 2. The summed E-state index contributed by atoms with van der Waals surface area (Å²) in [7, 11) is -3.82. The molecule has 0 aliphatic heterocycles. The first-order valence-electron chi connectivity index (χ1n) is 11.1. The molecule has 35 heavy (non-hydrogen) atoms. The van der Waals surface area contributed by atoms with Gasteiger partial charge in [0.05, 0.1) is 29.5 Å². The van der Waals surface area contributed by atoms with E-state index in [0.717, 1.165) is 37.1 Å². The molecule has 0 spiro atoms. The van der Waals surface area contributed by atoms with Crippen LogP contribution in [0.3, 0.4) is 0 Å². The smallest absolute Gasteiger partial charge is 0.234 e. The van der Waals surface area contributed by atoms with Crippen molar-refractivity contribution >= 4 is 44.9 Å². The van der Waals surface area contributed by atoms with Gasteiger partial charge in [0.15, 0.2) is 11.5 Å². The third kappa shape index (κ3) is 7.85. The van der Waals surface area contributed by atoms with E-state index in [4.69, 9.17) is 32.7 Å². The summed E-state index contributed by atoms with van der Waals surface area (Å²) in [5, 5.41) is 0.896. The van der Waals surface area contributed by atoms with Crippen LogP contribution in [-0.4, -0.2) is 50.4 Å². The van der Waals surface area contributed by atoms with Gasteiger partial charge in [-0.2, -0.15) is 0 Å². The van der Waals surface area contributed by atoms with Crippen LogP contribution in [0.4, 0.5) is 0 Å². The van der Waals surface area contributed by atoms with Crippen molar-refractivity contribution in [1.82, 2.24) is 4.31 Å². The predicted molar refractivity (Wildman–Crippen MR) is 138 cm³/mol. The first-order valence-corrected chi connectivity index (χ1v) is 13.7. The number of Topliss-reactive ketones (excluding diaryl/α,β-unsaturated/α-hetero) is 1. The summed E-state index contributed by atoms with van der Waals surface area (Å²) in [5.74, 6) is -0.356. The van der Waals surface area contributed by atoms with Gasteiger partial charge < -0.3 is 9.47 Å². The van der Waals surface area contributed by atoms with Crippen LogP contribution in [0.15, 0.2) is 36.4 Å². The van der Waals surface area contributed by atoms with E-state index in [0.29, 0.717) is 32.5 Å². The molecule has 0 bridgehead atoms. The molecule has 0 saturated carbocycles. The molecule has 0 unspecified atom stereocenters. The Bertz CT molecular complexity index is 1140. The van der Waals surface area contributed by atoms with Crippen molar-refractivity contribution in [3.8, 4) is 11.5 Å². The average Bonchev–Trinajstić information content (AvgIpc) is 2.77. The Hall–Kier alpha value is -2.29. The van der Waals surface area contributed by atoms with E-state index in [1.54, 1.807) is 12.1 Å². The second-order valence-corrected chi connectivity index (χ2v) is 11.5. The highest BCUT2D eigenvalue weighted by Gasteiger charge is 2.26. The monoisotopic (exact) mass is 543 g/mol. The van der Waals surface area contributed by atoms with Crippen LogP contribution in [0.1, 0.15) is 51.7 Å². The lowest BCUT2D eigenvalue weighted by atomic mass is 9.78. The van der Waals surface area contributed by atoms with Crippen molar-refractivity contribution in [3.63, 3.8) is 0 Å². The first kappa shape index (κ1) is 28.9. The minimum absolute atomic E-state index is 0.368. The van der Waals surface area contributed by atoms with Crippen LogP contribution in [0.2, 0.25) is 10.0 Å². The molecule has 0 aromatic heterocycles. The fourth-order valence-corrected chi connectivity index (χ4v) is 4.79. The van der Waals surface area contributed by atoms with Gasteiger partial charge in [-0.1, -0.05) is 62.5 Å². The number of ether oxygens (including phenoxy) is 2. The first-order chi connectivity index (χ1) is 16.3. The van der Waals surface area contributed by atoms with Crippen LogP contribution in [-0.2, 0) is 25.0 Å². The lowest BCUT2D eigenvalue weighted by Gasteiger charge is -2.27. The molecule has 0 aliphatic rings. The minimum Gasteiger partial charge on any atom is -0.490 e. The largest absolute Gasteiger partial charge is 0.490 e. The molecule has 0 saturated heterocycles. The highest BCUT2D eigenvalue weighted by Crippen LogP contribution is 2.40. The summed E-state index contributed by atoms with van der Waals surface area (Å²) in [6.07, 6.45) is 2.79. The number of carbonyl (C=O) groups excluding carboxylic acids is 2. The molecule has 0 fully saturated rings. The van der Waals surface area contributed by atoms with E-state index in [1.165, 1.54) is 0 Å². The third-order valence-corrected chi connectivity index (χ3v) is 7.26. The molecule has 0 N–H and O–H groups in total. The van der Waals surface area contributed by atoms with Crippen LogP contribution < -0.4 is 9.47 Å². The average molecular weight is 544 g/mol. The third-order valence-electron chi connectivity index (χ3n) is 5.51. The van der Waals surface area contributed by atoms with Gasteiger partial charge >= 0.3 is 0 Å². The standard InChI is InChI=1S/C25H31Cl2NO6S/c1-6-7-12-33-24-22(26)13-19(14-23(24)27)25(3,4)18-8-10-21(11-9-18)34-16-20(30)15-28(17(2)29)35(5,31)32/h8-11,13-14H,6-7,12,15-16H2,1-5H3. The zero-order valence-corrected chi connectivity index (χ0v) is 22.9. The summed E-state index contributed by atoms with van der Waals surface area (Å²) in [6.45, 7) is 6.84. The minimum atomic E-state index is -3.82. The molecular formula is C25H31Cl2NO6S. The number of nitrogens with zero attached hydrogens (tertiary/aromatic N) is 1. The summed E-state index contributed by atoms with van der Waals surface area (Å²) < 4.78 is 35.0. The zero-order valence-electron chi connectivity index (χ0n) is 20.6. The molecule has 1 amide bonds. The molecule has 0 heterocycles. The Morgan fingerprint density at radius 3 is 2.06 bits per heavy atom. The Balaban J connectivity index is 2.10. The van der Waals surface area contributed by atoms with Gasteiger partial charge in [0.25, 0.3) is 0 Å². The zero-order chi connectivity index (χ0) is 26.4. The maximum absolute atomic E-state index is 12.1. The van der Waals surface area contributed by atoms with Gasteiger partial charge in [-0.05, 0) is 41.8 Å². The molecule has 2 rings (SSSR count). The number of hydrogen-bond donors (Lipinski definition) is 0. The number of amides is 1. The van der Waals surface area contributed by atoms with Gasteiger partial charge in [0, 0.05) is 12.3 Å². The Kier molecular flexibility index (Phi) is 10.0. The lowest BCUT2D eigenvalue weighted by molar-refractivity contribution is -0.129. The molecule has 2 aromatic rings. The second-order valence-electron chi connectivity index (χ2n) is 8.74. The van der Waals surface area contributed by atoms with Crippen LogP contribution in [0.25, 0.3) is 0 Å². The van der Waals surface area contributed by atoms with E-state index in [-0.39, 0.29) is 6.61 Å². The highest BCUT2D eigenvalue weighted by atomic mass is 35.5. The Morgan fingerprint density at radius 2 is 1.57 bits per heavy atom. The summed E-state index contributed by atoms with van der Waals surface area (Å²) >= 11 is 12.9. The molecule has 0 atom stereocenters. The summed E-state index contributed by atoms with van der Waals surface area (Å²) in [4.78, 5) is 23.6. The number of ketones is 1. The molecule has 0 aliphatic carbocycles. The predicted octanol–water partition coefficient (Wildman–Crippen LogP) is 5.25.